The minimum absolute atomic E-state index is 0.735. The number of rotatable bonds is 5. The van der Waals surface area contributed by atoms with Gasteiger partial charge >= 0.3 is 0 Å². The molecule has 19 heavy (non-hydrogen) atoms. The number of ether oxygens (including phenoxy) is 1. The van der Waals surface area contributed by atoms with Crippen LogP contribution >= 0.6 is 15.9 Å². The summed E-state index contributed by atoms with van der Waals surface area (Å²) in [6.07, 6.45) is 2.63. The number of nitrogens with one attached hydrogen (secondary N) is 1. The van der Waals surface area contributed by atoms with Gasteiger partial charge in [-0.2, -0.15) is 0 Å². The molecule has 1 saturated carbocycles. The van der Waals surface area contributed by atoms with Crippen LogP contribution in [0, 0.1) is 0 Å². The first-order valence-corrected chi connectivity index (χ1v) is 7.35. The summed E-state index contributed by atoms with van der Waals surface area (Å²) in [5.74, 6) is 1.70. The third kappa shape index (κ3) is 3.58. The highest BCUT2D eigenvalue weighted by molar-refractivity contribution is 9.10. The Morgan fingerprint density at radius 2 is 1.89 bits per heavy atom. The summed E-state index contributed by atoms with van der Waals surface area (Å²) in [4.78, 5) is 0. The molecule has 2 aromatic carbocycles. The maximum atomic E-state index is 5.83. The fraction of sp³-hybridized carbons (Fsp3) is 0.250. The lowest BCUT2D eigenvalue weighted by Crippen LogP contribution is -2.15. The fourth-order valence-electron chi connectivity index (χ4n) is 1.90. The van der Waals surface area contributed by atoms with Gasteiger partial charge in [0, 0.05) is 12.6 Å². The summed E-state index contributed by atoms with van der Waals surface area (Å²) in [5, 5.41) is 3.51. The molecule has 3 heteroatoms. The van der Waals surface area contributed by atoms with E-state index >= 15 is 0 Å². The van der Waals surface area contributed by atoms with Crippen molar-refractivity contribution in [2.75, 3.05) is 0 Å². The normalized spacial score (nSPS) is 14.4. The Kier molecular flexibility index (Phi) is 3.85. The molecule has 0 spiro atoms. The molecule has 1 aliphatic carbocycles. The van der Waals surface area contributed by atoms with Crippen LogP contribution in [-0.4, -0.2) is 6.04 Å². The molecule has 0 aliphatic heterocycles. The van der Waals surface area contributed by atoms with Crippen molar-refractivity contribution in [2.24, 2.45) is 0 Å². The lowest BCUT2D eigenvalue weighted by atomic mass is 10.2. The predicted octanol–water partition coefficient (Wildman–Crippen LogP) is 4.49. The standard InChI is InChI=1S/C16H16BrNO/c17-15-10-12(11-18-13-7-8-13)6-9-16(15)19-14-4-2-1-3-5-14/h1-6,9-10,13,18H,7-8,11H2. The highest BCUT2D eigenvalue weighted by Gasteiger charge is 2.20. The maximum absolute atomic E-state index is 5.83. The minimum Gasteiger partial charge on any atom is -0.456 e. The zero-order valence-electron chi connectivity index (χ0n) is 10.6. The lowest BCUT2D eigenvalue weighted by molar-refractivity contribution is 0.479. The number of hydrogen-bond acceptors (Lipinski definition) is 2. The molecule has 0 bridgehead atoms. The van der Waals surface area contributed by atoms with Crippen LogP contribution in [0.25, 0.3) is 0 Å². The monoisotopic (exact) mass is 317 g/mol. The van der Waals surface area contributed by atoms with Gasteiger partial charge in [-0.25, -0.2) is 0 Å². The van der Waals surface area contributed by atoms with Crippen molar-refractivity contribution in [3.63, 3.8) is 0 Å². The van der Waals surface area contributed by atoms with E-state index in [1.165, 1.54) is 18.4 Å². The van der Waals surface area contributed by atoms with E-state index in [1.807, 2.05) is 36.4 Å². The summed E-state index contributed by atoms with van der Waals surface area (Å²) >= 11 is 3.57. The van der Waals surface area contributed by atoms with Gasteiger partial charge in [-0.1, -0.05) is 24.3 Å². The highest BCUT2D eigenvalue weighted by Crippen LogP contribution is 2.30. The largest absolute Gasteiger partial charge is 0.456 e. The Morgan fingerprint density at radius 3 is 2.58 bits per heavy atom. The van der Waals surface area contributed by atoms with Crippen LogP contribution in [0.2, 0.25) is 0 Å². The van der Waals surface area contributed by atoms with E-state index in [-0.39, 0.29) is 0 Å². The number of hydrogen-bond donors (Lipinski definition) is 1. The number of halogens is 1. The van der Waals surface area contributed by atoms with Gasteiger partial charge in [0.05, 0.1) is 4.47 Å². The van der Waals surface area contributed by atoms with E-state index in [4.69, 9.17) is 4.74 Å². The fourth-order valence-corrected chi connectivity index (χ4v) is 2.41. The molecule has 0 amide bonds. The van der Waals surface area contributed by atoms with E-state index in [0.29, 0.717) is 0 Å². The van der Waals surface area contributed by atoms with Crippen LogP contribution in [-0.2, 0) is 6.54 Å². The van der Waals surface area contributed by atoms with E-state index in [1.54, 1.807) is 0 Å². The van der Waals surface area contributed by atoms with Gasteiger partial charge in [-0.3, -0.25) is 0 Å². The van der Waals surface area contributed by atoms with Gasteiger partial charge < -0.3 is 10.1 Å². The molecule has 0 unspecified atom stereocenters. The second-order valence-electron chi connectivity index (χ2n) is 4.84. The third-order valence-corrected chi connectivity index (χ3v) is 3.76. The lowest BCUT2D eigenvalue weighted by Gasteiger charge is -2.10. The van der Waals surface area contributed by atoms with Gasteiger partial charge in [-0.15, -0.1) is 0 Å². The highest BCUT2D eigenvalue weighted by atomic mass is 79.9. The van der Waals surface area contributed by atoms with Crippen LogP contribution < -0.4 is 10.1 Å². The van der Waals surface area contributed by atoms with Crippen molar-refractivity contribution in [3.05, 3.63) is 58.6 Å². The second kappa shape index (κ2) is 5.76. The van der Waals surface area contributed by atoms with Gasteiger partial charge in [-0.05, 0) is 58.6 Å². The van der Waals surface area contributed by atoms with Gasteiger partial charge in [0.1, 0.15) is 11.5 Å². The molecule has 0 atom stereocenters. The van der Waals surface area contributed by atoms with Crippen LogP contribution in [0.1, 0.15) is 18.4 Å². The zero-order valence-corrected chi connectivity index (χ0v) is 12.2. The average molecular weight is 318 g/mol. The quantitative estimate of drug-likeness (QED) is 0.877. The smallest absolute Gasteiger partial charge is 0.141 e. The van der Waals surface area contributed by atoms with Crippen LogP contribution in [0.15, 0.2) is 53.0 Å². The van der Waals surface area contributed by atoms with Gasteiger partial charge in [0.2, 0.25) is 0 Å². The van der Waals surface area contributed by atoms with Crippen molar-refractivity contribution in [1.29, 1.82) is 0 Å². The van der Waals surface area contributed by atoms with E-state index in [0.717, 1.165) is 28.6 Å². The molecule has 0 saturated heterocycles. The zero-order chi connectivity index (χ0) is 13.1. The van der Waals surface area contributed by atoms with E-state index in [9.17, 15) is 0 Å². The molecule has 2 nitrogen and oxygen atoms in total. The molecule has 98 valence electrons. The van der Waals surface area contributed by atoms with Crippen molar-refractivity contribution >= 4 is 15.9 Å². The molecule has 2 aromatic rings. The average Bonchev–Trinajstić information content (AvgIpc) is 3.25. The van der Waals surface area contributed by atoms with Gasteiger partial charge in [0.25, 0.3) is 0 Å². The Labute approximate surface area is 121 Å². The predicted molar refractivity (Wildman–Crippen MR) is 80.5 cm³/mol. The summed E-state index contributed by atoms with van der Waals surface area (Å²) in [6.45, 7) is 0.925. The summed E-state index contributed by atoms with van der Waals surface area (Å²) < 4.78 is 6.83. The first kappa shape index (κ1) is 12.7. The first-order chi connectivity index (χ1) is 9.31. The van der Waals surface area contributed by atoms with Crippen molar-refractivity contribution in [3.8, 4) is 11.5 Å². The molecule has 0 heterocycles. The molecular weight excluding hydrogens is 302 g/mol. The summed E-state index contributed by atoms with van der Waals surface area (Å²) in [7, 11) is 0. The molecule has 1 fully saturated rings. The molecule has 0 aromatic heterocycles. The Bertz CT molecular complexity index is 552. The molecule has 1 N–H and O–H groups in total. The summed E-state index contributed by atoms with van der Waals surface area (Å²) in [5.41, 5.74) is 1.28. The summed E-state index contributed by atoms with van der Waals surface area (Å²) in [6, 6.07) is 16.8. The van der Waals surface area contributed by atoms with Gasteiger partial charge in [0.15, 0.2) is 0 Å². The maximum Gasteiger partial charge on any atom is 0.141 e. The van der Waals surface area contributed by atoms with Crippen LogP contribution in [0.5, 0.6) is 11.5 Å². The molecular formula is C16H16BrNO. The SMILES string of the molecule is Brc1cc(CNC2CC2)ccc1Oc1ccccc1. The number of benzene rings is 2. The number of para-hydroxylation sites is 1. The molecule has 1 aliphatic rings. The molecule has 3 rings (SSSR count). The second-order valence-corrected chi connectivity index (χ2v) is 5.69. The van der Waals surface area contributed by atoms with Crippen molar-refractivity contribution in [2.45, 2.75) is 25.4 Å². The Balaban J connectivity index is 1.68. The Hall–Kier alpha value is -1.32. The van der Waals surface area contributed by atoms with Crippen molar-refractivity contribution < 1.29 is 4.74 Å². The topological polar surface area (TPSA) is 21.3 Å². The first-order valence-electron chi connectivity index (χ1n) is 6.56. The minimum atomic E-state index is 0.735. The van der Waals surface area contributed by atoms with E-state index in [2.05, 4.69) is 33.4 Å². The van der Waals surface area contributed by atoms with Crippen LogP contribution in [0.4, 0.5) is 0 Å². The third-order valence-electron chi connectivity index (χ3n) is 3.14. The molecule has 0 radical (unpaired) electrons. The van der Waals surface area contributed by atoms with Crippen molar-refractivity contribution in [1.82, 2.24) is 5.32 Å². The van der Waals surface area contributed by atoms with Crippen LogP contribution in [0.3, 0.4) is 0 Å². The van der Waals surface area contributed by atoms with E-state index < -0.39 is 0 Å². The Morgan fingerprint density at radius 1 is 1.11 bits per heavy atom.